The minimum Gasteiger partial charge on any atom is -0.494 e. The molecule has 0 aliphatic rings. The topological polar surface area (TPSA) is 95.8 Å². The fourth-order valence-electron chi connectivity index (χ4n) is 3.80. The molecule has 0 aliphatic heterocycles. The van der Waals surface area contributed by atoms with Crippen LogP contribution < -0.4 is 20.3 Å². The van der Waals surface area contributed by atoms with E-state index < -0.39 is 0 Å². The molecule has 0 fully saturated rings. The van der Waals surface area contributed by atoms with Crippen LogP contribution in [0.15, 0.2) is 65.8 Å². The standard InChI is InChI=1S/C27H29FN6O3/c1-6-26(35)31-20-14-21(23(36-5)15-22(20)34(4)11-10-33(2)3)30-25-13-19-24(16-29-25)37-32-27(19)17-8-7-9-18(28)12-17/h6-9,12-16H,1,10-11H2,2-5H3,(H,29,30)(H,31,35). The number of anilines is 4. The van der Waals surface area contributed by atoms with E-state index in [1.807, 2.05) is 32.1 Å². The molecule has 4 aromatic rings. The fourth-order valence-corrected chi connectivity index (χ4v) is 3.80. The third-order valence-corrected chi connectivity index (χ3v) is 5.77. The molecule has 9 nitrogen and oxygen atoms in total. The Morgan fingerprint density at radius 3 is 2.68 bits per heavy atom. The minimum atomic E-state index is -0.365. The van der Waals surface area contributed by atoms with Crippen molar-refractivity contribution in [1.82, 2.24) is 15.0 Å². The van der Waals surface area contributed by atoms with Crippen molar-refractivity contribution in [3.05, 3.63) is 67.1 Å². The first kappa shape index (κ1) is 25.6. The van der Waals surface area contributed by atoms with Crippen molar-refractivity contribution >= 4 is 39.8 Å². The summed E-state index contributed by atoms with van der Waals surface area (Å²) >= 11 is 0. The van der Waals surface area contributed by atoms with Crippen LogP contribution in [0.2, 0.25) is 0 Å². The molecule has 0 unspecified atom stereocenters. The SMILES string of the molecule is C=CC(=O)Nc1cc(Nc2cc3c(-c4cccc(F)c4)noc3cn2)c(OC)cc1N(C)CCN(C)C. The van der Waals surface area contributed by atoms with Gasteiger partial charge in [0.25, 0.3) is 0 Å². The van der Waals surface area contributed by atoms with Crippen LogP contribution in [0.25, 0.3) is 22.2 Å². The Morgan fingerprint density at radius 1 is 1.16 bits per heavy atom. The number of nitrogens with zero attached hydrogens (tertiary/aromatic N) is 4. The van der Waals surface area contributed by atoms with E-state index in [9.17, 15) is 9.18 Å². The van der Waals surface area contributed by atoms with Crippen molar-refractivity contribution in [2.75, 3.05) is 56.9 Å². The molecule has 0 saturated carbocycles. The number of ether oxygens (including phenoxy) is 1. The van der Waals surface area contributed by atoms with E-state index in [0.29, 0.717) is 45.2 Å². The summed E-state index contributed by atoms with van der Waals surface area (Å²) in [5.41, 5.74) is 3.52. The zero-order valence-electron chi connectivity index (χ0n) is 21.2. The lowest BCUT2D eigenvalue weighted by molar-refractivity contribution is -0.111. The molecule has 0 aliphatic carbocycles. The minimum absolute atomic E-state index is 0.331. The quantitative estimate of drug-likeness (QED) is 0.295. The van der Waals surface area contributed by atoms with Crippen LogP contribution in [0.4, 0.5) is 27.3 Å². The summed E-state index contributed by atoms with van der Waals surface area (Å²) in [5.74, 6) is 0.347. The largest absolute Gasteiger partial charge is 0.494 e. The van der Waals surface area contributed by atoms with Crippen molar-refractivity contribution in [1.29, 1.82) is 0 Å². The third-order valence-electron chi connectivity index (χ3n) is 5.77. The number of fused-ring (bicyclic) bond motifs is 1. The van der Waals surface area contributed by atoms with Crippen molar-refractivity contribution in [2.24, 2.45) is 0 Å². The van der Waals surface area contributed by atoms with Gasteiger partial charge in [0, 0.05) is 31.8 Å². The number of carbonyl (C=O) groups excluding carboxylic acids is 1. The smallest absolute Gasteiger partial charge is 0.247 e. The summed E-state index contributed by atoms with van der Waals surface area (Å²) in [6.07, 6.45) is 2.76. The van der Waals surface area contributed by atoms with Crippen LogP contribution in [0.5, 0.6) is 5.75 Å². The van der Waals surface area contributed by atoms with E-state index >= 15 is 0 Å². The Bertz CT molecular complexity index is 1440. The summed E-state index contributed by atoms with van der Waals surface area (Å²) in [6, 6.07) is 11.6. The Hall–Kier alpha value is -4.44. The molecule has 0 spiro atoms. The first-order valence-corrected chi connectivity index (χ1v) is 11.6. The number of hydrogen-bond donors (Lipinski definition) is 2. The highest BCUT2D eigenvalue weighted by molar-refractivity contribution is 6.02. The Kier molecular flexibility index (Phi) is 7.69. The monoisotopic (exact) mass is 504 g/mol. The van der Waals surface area contributed by atoms with E-state index in [1.165, 1.54) is 18.2 Å². The van der Waals surface area contributed by atoms with Crippen molar-refractivity contribution in [3.63, 3.8) is 0 Å². The number of benzene rings is 2. The van der Waals surface area contributed by atoms with Gasteiger partial charge in [-0.25, -0.2) is 9.37 Å². The van der Waals surface area contributed by atoms with Crippen molar-refractivity contribution < 1.29 is 18.4 Å². The molecule has 0 atom stereocenters. The van der Waals surface area contributed by atoms with Gasteiger partial charge in [0.2, 0.25) is 5.91 Å². The highest BCUT2D eigenvalue weighted by Gasteiger charge is 2.17. The first-order chi connectivity index (χ1) is 17.8. The maximum atomic E-state index is 13.8. The van der Waals surface area contributed by atoms with Crippen LogP contribution >= 0.6 is 0 Å². The molecule has 0 bridgehead atoms. The number of likely N-dealkylation sites (N-methyl/N-ethyl adjacent to an activating group) is 2. The number of halogens is 1. The van der Waals surface area contributed by atoms with Gasteiger partial charge in [-0.1, -0.05) is 23.9 Å². The maximum Gasteiger partial charge on any atom is 0.247 e. The Balaban J connectivity index is 1.72. The van der Waals surface area contributed by atoms with Gasteiger partial charge in [-0.2, -0.15) is 0 Å². The number of carbonyl (C=O) groups is 1. The first-order valence-electron chi connectivity index (χ1n) is 11.6. The number of rotatable bonds is 10. The second-order valence-corrected chi connectivity index (χ2v) is 8.72. The normalized spacial score (nSPS) is 11.0. The summed E-state index contributed by atoms with van der Waals surface area (Å²) in [4.78, 5) is 20.7. The molecule has 2 aromatic carbocycles. The molecule has 0 radical (unpaired) electrons. The molecule has 37 heavy (non-hydrogen) atoms. The van der Waals surface area contributed by atoms with Crippen LogP contribution in [-0.4, -0.2) is 62.3 Å². The van der Waals surface area contributed by atoms with Gasteiger partial charge >= 0.3 is 0 Å². The van der Waals surface area contributed by atoms with Gasteiger partial charge in [0.1, 0.15) is 23.1 Å². The van der Waals surface area contributed by atoms with Crippen molar-refractivity contribution in [2.45, 2.75) is 0 Å². The van der Waals surface area contributed by atoms with E-state index in [1.54, 1.807) is 37.6 Å². The van der Waals surface area contributed by atoms with Crippen LogP contribution in [-0.2, 0) is 4.79 Å². The number of nitrogens with one attached hydrogen (secondary N) is 2. The Morgan fingerprint density at radius 2 is 1.97 bits per heavy atom. The van der Waals surface area contributed by atoms with Gasteiger partial charge < -0.3 is 29.7 Å². The van der Waals surface area contributed by atoms with Gasteiger partial charge in [-0.05, 0) is 44.4 Å². The fraction of sp³-hybridized carbons (Fsp3) is 0.222. The van der Waals surface area contributed by atoms with Crippen molar-refractivity contribution in [3.8, 4) is 17.0 Å². The molecule has 2 aromatic heterocycles. The number of amides is 1. The lowest BCUT2D eigenvalue weighted by Gasteiger charge is -2.26. The van der Waals surface area contributed by atoms with Crippen LogP contribution in [0.3, 0.4) is 0 Å². The summed E-state index contributed by atoms with van der Waals surface area (Å²) in [5, 5.41) is 10.9. The third kappa shape index (κ3) is 5.87. The average Bonchev–Trinajstić information content (AvgIpc) is 3.30. The number of aromatic nitrogens is 2. The molecule has 1 amide bonds. The number of hydrogen-bond acceptors (Lipinski definition) is 8. The number of pyridine rings is 1. The molecule has 192 valence electrons. The molecular formula is C27H29FN6O3. The van der Waals surface area contributed by atoms with Gasteiger partial charge in [-0.3, -0.25) is 4.79 Å². The van der Waals surface area contributed by atoms with E-state index in [4.69, 9.17) is 9.26 Å². The van der Waals surface area contributed by atoms with E-state index in [2.05, 4.69) is 32.3 Å². The predicted octanol–water partition coefficient (Wildman–Crippen LogP) is 4.90. The number of methoxy groups -OCH3 is 1. The lowest BCUT2D eigenvalue weighted by atomic mass is 10.1. The highest BCUT2D eigenvalue weighted by Crippen LogP contribution is 2.39. The molecule has 2 N–H and O–H groups in total. The molecule has 10 heteroatoms. The predicted molar refractivity (Wildman–Crippen MR) is 144 cm³/mol. The van der Waals surface area contributed by atoms with E-state index in [0.717, 1.165) is 18.8 Å². The maximum absolute atomic E-state index is 13.8. The molecule has 2 heterocycles. The lowest BCUT2D eigenvalue weighted by Crippen LogP contribution is -2.29. The second kappa shape index (κ2) is 11.1. The summed E-state index contributed by atoms with van der Waals surface area (Å²) < 4.78 is 24.9. The highest BCUT2D eigenvalue weighted by atomic mass is 19.1. The zero-order valence-corrected chi connectivity index (χ0v) is 21.2. The van der Waals surface area contributed by atoms with Crippen LogP contribution in [0.1, 0.15) is 0 Å². The molecular weight excluding hydrogens is 475 g/mol. The second-order valence-electron chi connectivity index (χ2n) is 8.72. The van der Waals surface area contributed by atoms with E-state index in [-0.39, 0.29) is 11.7 Å². The Labute approximate surface area is 214 Å². The molecule has 4 rings (SSSR count). The van der Waals surface area contributed by atoms with Crippen LogP contribution in [0, 0.1) is 5.82 Å². The summed E-state index contributed by atoms with van der Waals surface area (Å²) in [7, 11) is 7.52. The average molecular weight is 505 g/mol. The van der Waals surface area contributed by atoms with Gasteiger partial charge in [-0.15, -0.1) is 0 Å². The van der Waals surface area contributed by atoms with Gasteiger partial charge in [0.05, 0.1) is 35.8 Å². The zero-order chi connectivity index (χ0) is 26.5. The van der Waals surface area contributed by atoms with Gasteiger partial charge in [0.15, 0.2) is 5.58 Å². The summed E-state index contributed by atoms with van der Waals surface area (Å²) in [6.45, 7) is 5.11. The molecule has 0 saturated heterocycles.